The monoisotopic (exact) mass is 459 g/mol. The molecule has 0 unspecified atom stereocenters. The van der Waals surface area contributed by atoms with Gasteiger partial charge in [-0.05, 0) is 0 Å². The molecule has 0 heterocycles. The summed E-state index contributed by atoms with van der Waals surface area (Å²) < 4.78 is 0. The minimum atomic E-state index is -1.75. The van der Waals surface area contributed by atoms with Crippen molar-refractivity contribution in [3.05, 3.63) is 61.3 Å². The van der Waals surface area contributed by atoms with Gasteiger partial charge in [-0.3, -0.25) is 0 Å². The number of rotatable bonds is 0. The molecule has 19 nitrogen and oxygen atoms in total. The topological polar surface area (TPSA) is 352 Å². The Hall–Kier alpha value is -1.76. The van der Waals surface area contributed by atoms with Gasteiger partial charge in [-0.1, -0.05) is 0 Å². The van der Waals surface area contributed by atoms with Crippen molar-refractivity contribution in [2.45, 2.75) is 0 Å². The third kappa shape index (κ3) is 1750. The molecule has 0 N–H and O–H groups in total. The summed E-state index contributed by atoms with van der Waals surface area (Å²) in [5.41, 5.74) is 0. The molecular formula is Mn3N5O14-4. The van der Waals surface area contributed by atoms with E-state index >= 15 is 0 Å². The van der Waals surface area contributed by atoms with Gasteiger partial charge < -0.3 is 72.2 Å². The van der Waals surface area contributed by atoms with E-state index < -0.39 is 20.3 Å². The predicted octanol–water partition coefficient (Wildman–Crippen LogP) is -1.68. The van der Waals surface area contributed by atoms with Crippen LogP contribution < -0.4 is 6.15 Å². The average molecular weight is 459 g/mol. The quantitative estimate of drug-likeness (QED) is 0.223. The first-order chi connectivity index (χ1) is 6.93. The smallest absolute Gasteiger partial charge is 1.00 e. The van der Waals surface area contributed by atoms with Crippen LogP contribution in [-0.4, -0.2) is 20.3 Å². The fraction of sp³-hybridized carbons (Fsp3) is 0. The Labute approximate surface area is 150 Å². The minimum Gasteiger partial charge on any atom is -1.00 e. The standard InChI is InChI=1S/3Mn.4NO3.N.2O/c;;;4*2-1(3)4;;;/q;;+2;4*-1;;2*-1. The zero-order chi connectivity index (χ0) is 14.3. The molecule has 0 bridgehead atoms. The van der Waals surface area contributed by atoms with E-state index in [1.165, 1.54) is 0 Å². The van der Waals surface area contributed by atoms with Gasteiger partial charge in [-0.25, -0.2) is 0 Å². The van der Waals surface area contributed by atoms with E-state index in [-0.39, 0.29) is 68.3 Å². The van der Waals surface area contributed by atoms with Gasteiger partial charge in [0.05, 0.1) is 20.3 Å². The van der Waals surface area contributed by atoms with Crippen molar-refractivity contribution >= 4 is 0 Å². The van der Waals surface area contributed by atoms with Gasteiger partial charge in [-0.2, -0.15) is 0 Å². The zero-order valence-corrected chi connectivity index (χ0v) is 12.6. The Morgan fingerprint density at radius 2 is 0.455 bits per heavy atom. The second-order valence-corrected chi connectivity index (χ2v) is 0.894. The Bertz CT molecular complexity index is 169. The van der Waals surface area contributed by atoms with Crippen LogP contribution in [0, 0.1) is 61.3 Å². The van der Waals surface area contributed by atoms with E-state index in [9.17, 15) is 0 Å². The normalized spacial score (nSPS) is 4.36. The zero-order valence-electron chi connectivity index (χ0n) is 9.09. The van der Waals surface area contributed by atoms with E-state index in [1.807, 2.05) is 0 Å². The second-order valence-electron chi connectivity index (χ2n) is 0.894. The number of hydrogen-bond acceptors (Lipinski definition) is 14. The van der Waals surface area contributed by atoms with Crippen LogP contribution in [0.2, 0.25) is 0 Å². The van der Waals surface area contributed by atoms with E-state index in [0.29, 0.717) is 0 Å². The summed E-state index contributed by atoms with van der Waals surface area (Å²) in [4.78, 5) is 33.0. The van der Waals surface area contributed by atoms with Crippen molar-refractivity contribution < 1.29 is 82.5 Å². The summed E-state index contributed by atoms with van der Waals surface area (Å²) in [6.07, 6.45) is 0. The molecule has 8 radical (unpaired) electrons. The second kappa shape index (κ2) is 61.0. The van der Waals surface area contributed by atoms with Crippen molar-refractivity contribution in [3.63, 3.8) is 0 Å². The molecule has 0 saturated heterocycles. The first-order valence-corrected chi connectivity index (χ1v) is 2.19. The molecule has 0 fully saturated rings. The summed E-state index contributed by atoms with van der Waals surface area (Å²) in [5.74, 6) is 0. The van der Waals surface area contributed by atoms with Crippen LogP contribution in [0.25, 0.3) is 0 Å². The van der Waals surface area contributed by atoms with Crippen LogP contribution in [0.4, 0.5) is 0 Å². The van der Waals surface area contributed by atoms with Crippen molar-refractivity contribution in [2.24, 2.45) is 0 Å². The van der Waals surface area contributed by atoms with Gasteiger partial charge in [-0.15, -0.1) is 0 Å². The molecule has 0 spiro atoms. The summed E-state index contributed by atoms with van der Waals surface area (Å²) in [6.45, 7) is 0. The molecule has 0 aliphatic carbocycles. The van der Waals surface area contributed by atoms with Gasteiger partial charge in [0.15, 0.2) is 0 Å². The molecule has 0 rings (SSSR count). The van der Waals surface area contributed by atoms with E-state index in [1.54, 1.807) is 0 Å². The predicted molar refractivity (Wildman–Crippen MR) is 45.0 cm³/mol. The third-order valence-electron chi connectivity index (χ3n) is 0. The van der Waals surface area contributed by atoms with E-state index in [0.717, 1.165) is 0 Å². The van der Waals surface area contributed by atoms with E-state index in [2.05, 4.69) is 0 Å². The summed E-state index contributed by atoms with van der Waals surface area (Å²) in [5, 5.41) is 59.0. The maximum Gasteiger partial charge on any atom is 2.00 e. The van der Waals surface area contributed by atoms with Gasteiger partial charge in [0.1, 0.15) is 0 Å². The SMILES string of the molecule is O=[N+]([O-])[O-].O=[N+]([O-])[O-].O=[N+]([O-])[O-].O=[N+]([O-])[O-].[Mn+2].[Mn].[Mn].[N].[O-].[O-]. The molecular weight excluding hydrogens is 459 g/mol. The first-order valence-electron chi connectivity index (χ1n) is 2.19. The van der Waals surface area contributed by atoms with Crippen molar-refractivity contribution in [1.29, 1.82) is 0 Å². The van der Waals surface area contributed by atoms with Crippen LogP contribution in [0.1, 0.15) is 0 Å². The molecule has 22 heteroatoms. The fourth-order valence-corrected chi connectivity index (χ4v) is 0. The van der Waals surface area contributed by atoms with Crippen molar-refractivity contribution in [2.75, 3.05) is 0 Å². The summed E-state index contributed by atoms with van der Waals surface area (Å²) in [6, 6.07) is 0. The third-order valence-corrected chi connectivity index (χ3v) is 0. The summed E-state index contributed by atoms with van der Waals surface area (Å²) in [7, 11) is 0. The van der Waals surface area contributed by atoms with Crippen LogP contribution in [0.15, 0.2) is 0 Å². The Kier molecular flexibility index (Phi) is 198. The fourth-order valence-electron chi connectivity index (χ4n) is 0. The Balaban J connectivity index is -0.00000001000. The van der Waals surface area contributed by atoms with Crippen LogP contribution in [-0.2, 0) is 62.2 Å². The molecule has 0 atom stereocenters. The Morgan fingerprint density at radius 3 is 0.455 bits per heavy atom. The molecule has 0 amide bonds. The largest absolute Gasteiger partial charge is 2.00 e. The van der Waals surface area contributed by atoms with Crippen LogP contribution in [0.5, 0.6) is 0 Å². The van der Waals surface area contributed by atoms with Crippen molar-refractivity contribution in [3.8, 4) is 0 Å². The molecule has 0 aromatic carbocycles. The van der Waals surface area contributed by atoms with Gasteiger partial charge in [0.25, 0.3) is 0 Å². The maximum absolute atomic E-state index is 8.25. The minimum absolute atomic E-state index is 0. The molecule has 134 valence electrons. The van der Waals surface area contributed by atoms with Gasteiger partial charge in [0, 0.05) is 40.3 Å². The molecule has 0 saturated carbocycles. The van der Waals surface area contributed by atoms with Gasteiger partial charge >= 0.3 is 17.1 Å². The molecule has 0 aromatic heterocycles. The maximum atomic E-state index is 8.25. The van der Waals surface area contributed by atoms with Crippen molar-refractivity contribution in [1.82, 2.24) is 6.15 Å². The molecule has 0 aliphatic heterocycles. The van der Waals surface area contributed by atoms with Crippen LogP contribution in [0.3, 0.4) is 0 Å². The summed E-state index contributed by atoms with van der Waals surface area (Å²) >= 11 is 0. The Morgan fingerprint density at radius 1 is 0.455 bits per heavy atom. The van der Waals surface area contributed by atoms with Crippen LogP contribution >= 0.6 is 0 Å². The molecule has 22 heavy (non-hydrogen) atoms. The van der Waals surface area contributed by atoms with Gasteiger partial charge in [0.2, 0.25) is 0 Å². The molecule has 0 aliphatic rings. The number of hydrogen-bond donors (Lipinski definition) is 0. The molecule has 0 aromatic rings. The average Bonchev–Trinajstić information content (AvgIpc) is 1.76. The number of nitrogens with zero attached hydrogens (tertiary/aromatic N) is 5. The first kappa shape index (κ1) is 71.5. The van der Waals surface area contributed by atoms with E-state index in [4.69, 9.17) is 61.3 Å².